The molecule has 0 radical (unpaired) electrons. The Balaban J connectivity index is 0.00000264. The number of aliphatic hydroxyl groups is 2. The fourth-order valence-electron chi connectivity index (χ4n) is 2.20. The zero-order valence-electron chi connectivity index (χ0n) is 13.9. The number of ether oxygens (including phenoxy) is 1. The SMILES string of the molecule is CC(C)(C)NCC(O)COc1nsnc1N1CCC(O)CC1.Cl. The number of halogens is 1. The fourth-order valence-corrected chi connectivity index (χ4v) is 2.72. The van der Waals surface area contributed by atoms with Crippen molar-refractivity contribution < 1.29 is 14.9 Å². The molecule has 9 heteroatoms. The van der Waals surface area contributed by atoms with E-state index >= 15 is 0 Å². The standard InChI is InChI=1S/C14H26N4O3S.ClH/c1-14(2,3)15-8-11(20)9-21-13-12(16-22-17-13)18-6-4-10(19)5-7-18;/h10-11,15,19-20H,4-9H2,1-3H3;1H. The van der Waals surface area contributed by atoms with Crippen LogP contribution in [0.25, 0.3) is 0 Å². The molecule has 1 unspecified atom stereocenters. The number of aliphatic hydroxyl groups excluding tert-OH is 2. The Bertz CT molecular complexity index is 461. The molecule has 3 N–H and O–H groups in total. The topological polar surface area (TPSA) is 90.7 Å². The van der Waals surface area contributed by atoms with Crippen molar-refractivity contribution in [1.82, 2.24) is 14.1 Å². The lowest BCUT2D eigenvalue weighted by molar-refractivity contribution is 0.0981. The van der Waals surface area contributed by atoms with Gasteiger partial charge in [0.05, 0.1) is 17.8 Å². The first-order chi connectivity index (χ1) is 10.3. The first kappa shape index (κ1) is 20.4. The van der Waals surface area contributed by atoms with Gasteiger partial charge < -0.3 is 25.2 Å². The molecule has 1 saturated heterocycles. The summed E-state index contributed by atoms with van der Waals surface area (Å²) >= 11 is 1.10. The van der Waals surface area contributed by atoms with Crippen LogP contribution in [0.2, 0.25) is 0 Å². The van der Waals surface area contributed by atoms with Crippen molar-refractivity contribution in [1.29, 1.82) is 0 Å². The van der Waals surface area contributed by atoms with Crippen LogP contribution in [0.4, 0.5) is 5.82 Å². The van der Waals surface area contributed by atoms with E-state index in [1.807, 2.05) is 20.8 Å². The van der Waals surface area contributed by atoms with Gasteiger partial charge in [0.25, 0.3) is 5.88 Å². The summed E-state index contributed by atoms with van der Waals surface area (Å²) < 4.78 is 14.1. The molecule has 1 aliphatic rings. The Morgan fingerprint density at radius 2 is 2.00 bits per heavy atom. The van der Waals surface area contributed by atoms with Gasteiger partial charge in [0.15, 0.2) is 0 Å². The molecule has 0 aromatic carbocycles. The number of hydrogen-bond donors (Lipinski definition) is 3. The number of β-amino-alcohol motifs (C(OH)–C–C–N with tert-alkyl or cyclic N) is 1. The van der Waals surface area contributed by atoms with E-state index in [4.69, 9.17) is 4.74 Å². The molecular formula is C14H27ClN4O3S. The fraction of sp³-hybridized carbons (Fsp3) is 0.857. The highest BCUT2D eigenvalue weighted by atomic mass is 35.5. The van der Waals surface area contributed by atoms with Crippen LogP contribution in [0.15, 0.2) is 0 Å². The van der Waals surface area contributed by atoms with Crippen LogP contribution in [-0.4, -0.2) is 62.9 Å². The molecule has 1 aliphatic heterocycles. The number of hydrogen-bond acceptors (Lipinski definition) is 8. The number of rotatable bonds is 6. The molecule has 2 heterocycles. The van der Waals surface area contributed by atoms with Crippen LogP contribution in [-0.2, 0) is 0 Å². The Morgan fingerprint density at radius 1 is 1.35 bits per heavy atom. The van der Waals surface area contributed by atoms with Crippen molar-refractivity contribution in [2.45, 2.75) is 51.4 Å². The van der Waals surface area contributed by atoms with Crippen LogP contribution < -0.4 is 15.0 Å². The minimum absolute atomic E-state index is 0. The third kappa shape index (κ3) is 6.76. The molecule has 0 amide bonds. The monoisotopic (exact) mass is 366 g/mol. The van der Waals surface area contributed by atoms with Crippen LogP contribution in [0.5, 0.6) is 5.88 Å². The molecule has 23 heavy (non-hydrogen) atoms. The second kappa shape index (κ2) is 8.98. The molecule has 1 fully saturated rings. The molecule has 0 bridgehead atoms. The zero-order valence-corrected chi connectivity index (χ0v) is 15.5. The largest absolute Gasteiger partial charge is 0.472 e. The average Bonchev–Trinajstić information content (AvgIpc) is 2.91. The minimum atomic E-state index is -0.600. The smallest absolute Gasteiger partial charge is 0.270 e. The molecule has 7 nitrogen and oxygen atoms in total. The third-order valence-corrected chi connectivity index (χ3v) is 3.99. The van der Waals surface area contributed by atoms with Crippen molar-refractivity contribution in [3.05, 3.63) is 0 Å². The lowest BCUT2D eigenvalue weighted by Crippen LogP contribution is -2.42. The van der Waals surface area contributed by atoms with Crippen LogP contribution in [0.3, 0.4) is 0 Å². The summed E-state index contributed by atoms with van der Waals surface area (Å²) in [6, 6.07) is 0. The normalized spacial score (nSPS) is 17.7. The van der Waals surface area contributed by atoms with Crippen molar-refractivity contribution >= 4 is 30.0 Å². The van der Waals surface area contributed by atoms with Gasteiger partial charge in [0, 0.05) is 25.2 Å². The average molecular weight is 367 g/mol. The van der Waals surface area contributed by atoms with Crippen molar-refractivity contribution in [2.24, 2.45) is 0 Å². The molecule has 1 atom stereocenters. The lowest BCUT2D eigenvalue weighted by Gasteiger charge is -2.29. The minimum Gasteiger partial charge on any atom is -0.472 e. The van der Waals surface area contributed by atoms with E-state index in [1.165, 1.54) is 0 Å². The predicted octanol–water partition coefficient (Wildman–Crippen LogP) is 1.05. The van der Waals surface area contributed by atoms with Crippen molar-refractivity contribution in [3.63, 3.8) is 0 Å². The molecule has 0 saturated carbocycles. The number of nitrogens with one attached hydrogen (secondary N) is 1. The van der Waals surface area contributed by atoms with E-state index in [0.29, 0.717) is 18.2 Å². The quantitative estimate of drug-likeness (QED) is 0.693. The summed E-state index contributed by atoms with van der Waals surface area (Å²) in [6.45, 7) is 8.29. The van der Waals surface area contributed by atoms with E-state index in [1.54, 1.807) is 0 Å². The molecule has 2 rings (SSSR count). The first-order valence-corrected chi connectivity index (χ1v) is 8.39. The lowest BCUT2D eigenvalue weighted by atomic mass is 10.1. The highest BCUT2D eigenvalue weighted by Crippen LogP contribution is 2.28. The Kier molecular flexibility index (Phi) is 7.96. The van der Waals surface area contributed by atoms with Crippen LogP contribution in [0, 0.1) is 0 Å². The van der Waals surface area contributed by atoms with Crippen molar-refractivity contribution in [3.8, 4) is 5.88 Å². The summed E-state index contributed by atoms with van der Waals surface area (Å²) in [5.74, 6) is 1.18. The number of aromatic nitrogens is 2. The number of nitrogens with zero attached hydrogens (tertiary/aromatic N) is 3. The van der Waals surface area contributed by atoms with Crippen LogP contribution >= 0.6 is 24.1 Å². The van der Waals surface area contributed by atoms with Gasteiger partial charge in [-0.1, -0.05) is 0 Å². The maximum atomic E-state index is 9.97. The van der Waals surface area contributed by atoms with E-state index in [0.717, 1.165) is 37.7 Å². The zero-order chi connectivity index (χ0) is 16.2. The van der Waals surface area contributed by atoms with E-state index in [2.05, 4.69) is 19.0 Å². The van der Waals surface area contributed by atoms with Gasteiger partial charge in [0.2, 0.25) is 5.82 Å². The predicted molar refractivity (Wildman–Crippen MR) is 93.9 cm³/mol. The van der Waals surface area contributed by atoms with Crippen LogP contribution in [0.1, 0.15) is 33.6 Å². The summed E-state index contributed by atoms with van der Waals surface area (Å²) in [5.41, 5.74) is -0.0387. The Labute approximate surface area is 147 Å². The van der Waals surface area contributed by atoms with Gasteiger partial charge >= 0.3 is 0 Å². The van der Waals surface area contributed by atoms with Gasteiger partial charge in [-0.2, -0.15) is 4.37 Å². The van der Waals surface area contributed by atoms with Gasteiger partial charge in [-0.25, -0.2) is 0 Å². The molecule has 0 spiro atoms. The summed E-state index contributed by atoms with van der Waals surface area (Å²) in [4.78, 5) is 2.07. The van der Waals surface area contributed by atoms with Crippen molar-refractivity contribution in [2.75, 3.05) is 31.1 Å². The highest BCUT2D eigenvalue weighted by Gasteiger charge is 2.23. The molecule has 1 aromatic rings. The van der Waals surface area contributed by atoms with Gasteiger partial charge in [-0.15, -0.1) is 16.8 Å². The maximum Gasteiger partial charge on any atom is 0.270 e. The van der Waals surface area contributed by atoms with Gasteiger partial charge in [-0.3, -0.25) is 0 Å². The Hall–Kier alpha value is -0.670. The number of anilines is 1. The first-order valence-electron chi connectivity index (χ1n) is 7.66. The molecule has 1 aromatic heterocycles. The van der Waals surface area contributed by atoms with E-state index in [9.17, 15) is 10.2 Å². The number of piperidine rings is 1. The van der Waals surface area contributed by atoms with Gasteiger partial charge in [-0.05, 0) is 33.6 Å². The maximum absolute atomic E-state index is 9.97. The molecule has 134 valence electrons. The summed E-state index contributed by atoms with van der Waals surface area (Å²) in [5, 5.41) is 22.8. The van der Waals surface area contributed by atoms with E-state index < -0.39 is 6.10 Å². The van der Waals surface area contributed by atoms with Gasteiger partial charge in [0.1, 0.15) is 12.7 Å². The Morgan fingerprint density at radius 3 is 2.61 bits per heavy atom. The third-order valence-electron chi connectivity index (χ3n) is 3.49. The summed E-state index contributed by atoms with van der Waals surface area (Å²) in [6.07, 6.45) is 0.638. The molecular weight excluding hydrogens is 340 g/mol. The second-order valence-electron chi connectivity index (χ2n) is 6.71. The van der Waals surface area contributed by atoms with E-state index in [-0.39, 0.29) is 30.7 Å². The molecule has 0 aliphatic carbocycles. The second-order valence-corrected chi connectivity index (χ2v) is 7.24. The highest BCUT2D eigenvalue weighted by molar-refractivity contribution is 6.99. The summed E-state index contributed by atoms with van der Waals surface area (Å²) in [7, 11) is 0.